The summed E-state index contributed by atoms with van der Waals surface area (Å²) in [7, 11) is 0. The Balaban J connectivity index is 3.07. The van der Waals surface area contributed by atoms with Crippen LogP contribution in [0.25, 0.3) is 6.08 Å². The molecule has 1 rings (SSSR count). The molecular weight excluding hydrogens is 271 g/mol. The highest BCUT2D eigenvalue weighted by atomic mass is 79.9. The third-order valence-corrected chi connectivity index (χ3v) is 2.95. The summed E-state index contributed by atoms with van der Waals surface area (Å²) in [5.41, 5.74) is 2.18. The van der Waals surface area contributed by atoms with Gasteiger partial charge in [0.25, 0.3) is 0 Å². The third-order valence-electron chi connectivity index (χ3n) is 1.57. The maximum Gasteiger partial charge on any atom is 0.0434 e. The van der Waals surface area contributed by atoms with Gasteiger partial charge in [0, 0.05) is 15.4 Å². The lowest BCUT2D eigenvalue weighted by Gasteiger charge is -2.00. The fourth-order valence-electron chi connectivity index (χ4n) is 0.929. The van der Waals surface area contributed by atoms with Gasteiger partial charge in [-0.2, -0.15) is 0 Å². The Morgan fingerprint density at radius 3 is 2.85 bits per heavy atom. The van der Waals surface area contributed by atoms with Crippen LogP contribution < -0.4 is 0 Å². The van der Waals surface area contributed by atoms with E-state index >= 15 is 0 Å². The summed E-state index contributed by atoms with van der Waals surface area (Å²) >= 11 is 15.0. The van der Waals surface area contributed by atoms with E-state index in [1.54, 1.807) is 0 Å². The second kappa shape index (κ2) is 5.04. The Labute approximate surface area is 96.7 Å². The molecule has 1 aromatic rings. The predicted molar refractivity (Wildman–Crippen MR) is 63.5 cm³/mol. The molecule has 0 unspecified atom stereocenters. The molecule has 0 N–H and O–H groups in total. The second-order valence-electron chi connectivity index (χ2n) is 2.79. The van der Waals surface area contributed by atoms with Crippen molar-refractivity contribution in [2.45, 2.75) is 6.92 Å². The quantitative estimate of drug-likeness (QED) is 0.686. The first kappa shape index (κ1) is 11.1. The van der Waals surface area contributed by atoms with Gasteiger partial charge in [0.15, 0.2) is 0 Å². The zero-order valence-corrected chi connectivity index (χ0v) is 10.2. The molecule has 0 saturated carbocycles. The lowest BCUT2D eigenvalue weighted by atomic mass is 10.1. The zero-order chi connectivity index (χ0) is 9.84. The van der Waals surface area contributed by atoms with E-state index in [-0.39, 0.29) is 0 Å². The predicted octanol–water partition coefficient (Wildman–Crippen LogP) is 4.74. The first-order chi connectivity index (χ1) is 6.13. The van der Waals surface area contributed by atoms with Crippen molar-refractivity contribution in [1.82, 2.24) is 0 Å². The lowest BCUT2D eigenvalue weighted by Crippen LogP contribution is -1.80. The van der Waals surface area contributed by atoms with E-state index in [0.29, 0.717) is 5.88 Å². The van der Waals surface area contributed by atoms with Gasteiger partial charge < -0.3 is 0 Å². The molecule has 0 saturated heterocycles. The summed E-state index contributed by atoms with van der Waals surface area (Å²) in [6.07, 6.45) is 2.02. The summed E-state index contributed by atoms with van der Waals surface area (Å²) < 4.78 is 1.03. The molecule has 13 heavy (non-hydrogen) atoms. The molecule has 0 aliphatic rings. The van der Waals surface area contributed by atoms with Crippen LogP contribution in [-0.2, 0) is 0 Å². The van der Waals surface area contributed by atoms with Crippen molar-refractivity contribution >= 4 is 45.2 Å². The summed E-state index contributed by atoms with van der Waals surface area (Å²) in [5.74, 6) is 0.541. The molecule has 70 valence electrons. The Kier molecular flexibility index (Phi) is 4.30. The van der Waals surface area contributed by atoms with Gasteiger partial charge in [-0.15, -0.1) is 11.6 Å². The number of alkyl halides is 1. The highest BCUT2D eigenvalue weighted by Gasteiger charge is 1.98. The van der Waals surface area contributed by atoms with Crippen LogP contribution in [0.2, 0.25) is 5.02 Å². The zero-order valence-electron chi connectivity index (χ0n) is 7.15. The molecule has 0 aromatic heterocycles. The van der Waals surface area contributed by atoms with E-state index in [1.807, 2.05) is 31.2 Å². The maximum absolute atomic E-state index is 5.86. The number of allylic oxidation sites excluding steroid dienone is 1. The fourth-order valence-corrected chi connectivity index (χ4v) is 1.55. The van der Waals surface area contributed by atoms with Crippen LogP contribution in [0.3, 0.4) is 0 Å². The molecule has 0 radical (unpaired) electrons. The molecule has 0 atom stereocenters. The second-order valence-corrected chi connectivity index (χ2v) is 4.35. The van der Waals surface area contributed by atoms with Gasteiger partial charge in [0.2, 0.25) is 0 Å². The number of rotatable bonds is 2. The Morgan fingerprint density at radius 1 is 1.54 bits per heavy atom. The highest BCUT2D eigenvalue weighted by molar-refractivity contribution is 9.10. The standard InChI is InChI=1S/C10H9BrCl2/c1-7(6-12)4-8-5-9(13)2-3-10(8)11/h2-5H,6H2,1H3/b7-4-. The van der Waals surface area contributed by atoms with Crippen molar-refractivity contribution in [3.05, 3.63) is 38.8 Å². The van der Waals surface area contributed by atoms with Crippen LogP contribution in [0.1, 0.15) is 12.5 Å². The largest absolute Gasteiger partial charge is 0.122 e. The molecule has 0 spiro atoms. The van der Waals surface area contributed by atoms with Crippen LogP contribution >= 0.6 is 39.1 Å². The maximum atomic E-state index is 5.86. The summed E-state index contributed by atoms with van der Waals surface area (Å²) in [6, 6.07) is 5.68. The smallest absolute Gasteiger partial charge is 0.0434 e. The first-order valence-corrected chi connectivity index (χ1v) is 5.52. The monoisotopic (exact) mass is 278 g/mol. The van der Waals surface area contributed by atoms with E-state index in [0.717, 1.165) is 20.6 Å². The van der Waals surface area contributed by atoms with Crippen LogP contribution in [-0.4, -0.2) is 5.88 Å². The molecule has 0 aliphatic heterocycles. The van der Waals surface area contributed by atoms with Crippen LogP contribution in [0, 0.1) is 0 Å². The van der Waals surface area contributed by atoms with Gasteiger partial charge in [-0.05, 0) is 30.7 Å². The summed E-state index contributed by atoms with van der Waals surface area (Å²) in [6.45, 7) is 1.99. The van der Waals surface area contributed by atoms with E-state index in [2.05, 4.69) is 15.9 Å². The molecule has 0 amide bonds. The van der Waals surface area contributed by atoms with Crippen molar-refractivity contribution in [1.29, 1.82) is 0 Å². The number of hydrogen-bond donors (Lipinski definition) is 0. The van der Waals surface area contributed by atoms with Crippen molar-refractivity contribution < 1.29 is 0 Å². The average Bonchev–Trinajstić information content (AvgIpc) is 2.11. The minimum atomic E-state index is 0.541. The molecule has 1 aromatic carbocycles. The first-order valence-electron chi connectivity index (χ1n) is 3.81. The van der Waals surface area contributed by atoms with Crippen molar-refractivity contribution in [3.8, 4) is 0 Å². The summed E-state index contributed by atoms with van der Waals surface area (Å²) in [4.78, 5) is 0. The normalized spacial score (nSPS) is 11.8. The van der Waals surface area contributed by atoms with Crippen LogP contribution in [0.4, 0.5) is 0 Å². The molecule has 0 fully saturated rings. The minimum Gasteiger partial charge on any atom is -0.122 e. The van der Waals surface area contributed by atoms with Gasteiger partial charge in [-0.25, -0.2) is 0 Å². The van der Waals surface area contributed by atoms with Gasteiger partial charge in [-0.3, -0.25) is 0 Å². The van der Waals surface area contributed by atoms with Crippen molar-refractivity contribution in [2.24, 2.45) is 0 Å². The van der Waals surface area contributed by atoms with E-state index in [9.17, 15) is 0 Å². The minimum absolute atomic E-state index is 0.541. The van der Waals surface area contributed by atoms with E-state index in [1.165, 1.54) is 0 Å². The highest BCUT2D eigenvalue weighted by Crippen LogP contribution is 2.23. The molecule has 0 heterocycles. The van der Waals surface area contributed by atoms with Crippen LogP contribution in [0.15, 0.2) is 28.2 Å². The topological polar surface area (TPSA) is 0 Å². The Morgan fingerprint density at radius 2 is 2.23 bits per heavy atom. The number of benzene rings is 1. The third kappa shape index (κ3) is 3.34. The SMILES string of the molecule is C/C(=C/c1cc(Cl)ccc1Br)CCl. The molecule has 0 aliphatic carbocycles. The molecule has 0 nitrogen and oxygen atoms in total. The Hall–Kier alpha value is 0.0200. The lowest BCUT2D eigenvalue weighted by molar-refractivity contribution is 1.42. The average molecular weight is 280 g/mol. The van der Waals surface area contributed by atoms with Crippen LogP contribution in [0.5, 0.6) is 0 Å². The Bertz CT molecular complexity index is 332. The van der Waals surface area contributed by atoms with Gasteiger partial charge in [0.1, 0.15) is 0 Å². The van der Waals surface area contributed by atoms with E-state index in [4.69, 9.17) is 23.2 Å². The van der Waals surface area contributed by atoms with E-state index < -0.39 is 0 Å². The molecular formula is C10H9BrCl2. The number of halogens is 3. The van der Waals surface area contributed by atoms with Crippen molar-refractivity contribution in [2.75, 3.05) is 5.88 Å². The van der Waals surface area contributed by atoms with Gasteiger partial charge >= 0.3 is 0 Å². The van der Waals surface area contributed by atoms with Gasteiger partial charge in [-0.1, -0.05) is 39.2 Å². The van der Waals surface area contributed by atoms with Crippen molar-refractivity contribution in [3.63, 3.8) is 0 Å². The fraction of sp³-hybridized carbons (Fsp3) is 0.200. The molecule has 0 bridgehead atoms. The summed E-state index contributed by atoms with van der Waals surface area (Å²) in [5, 5.41) is 0.733. The molecule has 3 heteroatoms. The number of hydrogen-bond acceptors (Lipinski definition) is 0. The van der Waals surface area contributed by atoms with Gasteiger partial charge in [0.05, 0.1) is 0 Å².